The number of para-hydroxylation sites is 1. The van der Waals surface area contributed by atoms with Crippen LogP contribution in [0.1, 0.15) is 26.3 Å². The molecular formula is C19H25NO2. The Morgan fingerprint density at radius 2 is 1.64 bits per heavy atom. The molecule has 0 fully saturated rings. The molecular weight excluding hydrogens is 274 g/mol. The molecule has 0 heterocycles. The lowest BCUT2D eigenvalue weighted by molar-refractivity contribution is 0.117. The van der Waals surface area contributed by atoms with Crippen LogP contribution in [0.5, 0.6) is 5.75 Å². The highest BCUT2D eigenvalue weighted by Gasteiger charge is 2.13. The van der Waals surface area contributed by atoms with E-state index in [0.717, 1.165) is 11.4 Å². The van der Waals surface area contributed by atoms with Gasteiger partial charge in [0.25, 0.3) is 0 Å². The van der Waals surface area contributed by atoms with E-state index in [4.69, 9.17) is 4.74 Å². The minimum Gasteiger partial charge on any atom is -0.491 e. The molecule has 0 radical (unpaired) electrons. The number of hydrogen-bond donors (Lipinski definition) is 2. The molecule has 0 aromatic heterocycles. The normalized spacial score (nSPS) is 12.7. The molecule has 2 N–H and O–H groups in total. The Labute approximate surface area is 133 Å². The first-order chi connectivity index (χ1) is 10.4. The minimum absolute atomic E-state index is 0.137. The van der Waals surface area contributed by atoms with Gasteiger partial charge in [0.05, 0.1) is 0 Å². The Bertz CT molecular complexity index is 558. The van der Waals surface area contributed by atoms with E-state index in [1.807, 2.05) is 42.5 Å². The molecule has 0 saturated heterocycles. The molecule has 0 aliphatic rings. The van der Waals surface area contributed by atoms with E-state index in [9.17, 15) is 5.11 Å². The van der Waals surface area contributed by atoms with E-state index in [1.54, 1.807) is 0 Å². The molecule has 0 saturated carbocycles. The zero-order chi connectivity index (χ0) is 16.0. The van der Waals surface area contributed by atoms with Gasteiger partial charge in [0.2, 0.25) is 0 Å². The number of aliphatic hydroxyl groups is 1. The van der Waals surface area contributed by atoms with Crippen LogP contribution < -0.4 is 10.1 Å². The molecule has 2 rings (SSSR count). The highest BCUT2D eigenvalue weighted by atomic mass is 16.5. The first kappa shape index (κ1) is 16.4. The Kier molecular flexibility index (Phi) is 5.45. The Hall–Kier alpha value is -2.00. The third-order valence-electron chi connectivity index (χ3n) is 3.48. The molecule has 2 aromatic rings. The Balaban J connectivity index is 1.77. The second-order valence-corrected chi connectivity index (χ2v) is 6.49. The molecule has 1 unspecified atom stereocenters. The molecule has 0 spiro atoms. The van der Waals surface area contributed by atoms with Crippen LogP contribution in [-0.4, -0.2) is 24.4 Å². The van der Waals surface area contributed by atoms with Crippen molar-refractivity contribution in [2.24, 2.45) is 0 Å². The number of hydrogen-bond acceptors (Lipinski definition) is 3. The van der Waals surface area contributed by atoms with Crippen molar-refractivity contribution < 1.29 is 9.84 Å². The highest BCUT2D eigenvalue weighted by Crippen LogP contribution is 2.24. The lowest BCUT2D eigenvalue weighted by Gasteiger charge is -2.19. The number of anilines is 1. The summed E-state index contributed by atoms with van der Waals surface area (Å²) in [4.78, 5) is 0. The van der Waals surface area contributed by atoms with Gasteiger partial charge in [-0.25, -0.2) is 0 Å². The van der Waals surface area contributed by atoms with Crippen LogP contribution in [0.25, 0.3) is 0 Å². The summed E-state index contributed by atoms with van der Waals surface area (Å²) >= 11 is 0. The van der Waals surface area contributed by atoms with E-state index >= 15 is 0 Å². The van der Waals surface area contributed by atoms with Gasteiger partial charge < -0.3 is 15.2 Å². The van der Waals surface area contributed by atoms with E-state index in [0.29, 0.717) is 6.54 Å². The van der Waals surface area contributed by atoms with Crippen molar-refractivity contribution in [2.75, 3.05) is 18.5 Å². The SMILES string of the molecule is CC(C)(C)c1ccc(OCC(O)CNc2ccccc2)cc1. The first-order valence-corrected chi connectivity index (χ1v) is 7.65. The summed E-state index contributed by atoms with van der Waals surface area (Å²) in [6.07, 6.45) is -0.553. The smallest absolute Gasteiger partial charge is 0.119 e. The number of nitrogens with one attached hydrogen (secondary N) is 1. The predicted molar refractivity (Wildman–Crippen MR) is 91.6 cm³/mol. The summed E-state index contributed by atoms with van der Waals surface area (Å²) in [6, 6.07) is 17.9. The van der Waals surface area contributed by atoms with Crippen molar-refractivity contribution >= 4 is 5.69 Å². The summed E-state index contributed by atoms with van der Waals surface area (Å²) in [7, 11) is 0. The lowest BCUT2D eigenvalue weighted by atomic mass is 9.87. The van der Waals surface area contributed by atoms with E-state index in [-0.39, 0.29) is 12.0 Å². The van der Waals surface area contributed by atoms with Crippen molar-refractivity contribution in [1.82, 2.24) is 0 Å². The quantitative estimate of drug-likeness (QED) is 0.851. The number of aliphatic hydroxyl groups excluding tert-OH is 1. The first-order valence-electron chi connectivity index (χ1n) is 7.65. The van der Waals surface area contributed by atoms with Gasteiger partial charge in [-0.05, 0) is 35.2 Å². The zero-order valence-corrected chi connectivity index (χ0v) is 13.5. The van der Waals surface area contributed by atoms with Gasteiger partial charge in [0.1, 0.15) is 18.5 Å². The average Bonchev–Trinajstić information content (AvgIpc) is 2.51. The van der Waals surface area contributed by atoms with Crippen molar-refractivity contribution in [3.63, 3.8) is 0 Å². The predicted octanol–water partition coefficient (Wildman–Crippen LogP) is 3.84. The Morgan fingerprint density at radius 3 is 2.23 bits per heavy atom. The third kappa shape index (κ3) is 5.08. The maximum absolute atomic E-state index is 9.97. The monoisotopic (exact) mass is 299 g/mol. The molecule has 0 aliphatic carbocycles. The summed E-state index contributed by atoms with van der Waals surface area (Å²) in [5.41, 5.74) is 2.40. The standard InChI is InChI=1S/C19H25NO2/c1-19(2,3)15-9-11-18(12-10-15)22-14-17(21)13-20-16-7-5-4-6-8-16/h4-12,17,20-21H,13-14H2,1-3H3. The van der Waals surface area contributed by atoms with Crippen LogP contribution in [0.3, 0.4) is 0 Å². The number of benzene rings is 2. The molecule has 1 atom stereocenters. The molecule has 0 aliphatic heterocycles. The number of ether oxygens (including phenoxy) is 1. The van der Waals surface area contributed by atoms with Crippen LogP contribution in [0.4, 0.5) is 5.69 Å². The fourth-order valence-corrected chi connectivity index (χ4v) is 2.09. The topological polar surface area (TPSA) is 41.5 Å². The molecule has 22 heavy (non-hydrogen) atoms. The van der Waals surface area contributed by atoms with Gasteiger partial charge in [-0.15, -0.1) is 0 Å². The van der Waals surface area contributed by atoms with Crippen LogP contribution in [0.15, 0.2) is 54.6 Å². The molecule has 0 amide bonds. The van der Waals surface area contributed by atoms with Crippen LogP contribution in [0.2, 0.25) is 0 Å². The van der Waals surface area contributed by atoms with Gasteiger partial charge in [-0.1, -0.05) is 51.1 Å². The highest BCUT2D eigenvalue weighted by molar-refractivity contribution is 5.42. The van der Waals surface area contributed by atoms with Gasteiger partial charge in [0, 0.05) is 12.2 Å². The van der Waals surface area contributed by atoms with Crippen LogP contribution >= 0.6 is 0 Å². The van der Waals surface area contributed by atoms with Gasteiger partial charge in [0.15, 0.2) is 0 Å². The maximum Gasteiger partial charge on any atom is 0.119 e. The minimum atomic E-state index is -0.553. The molecule has 3 nitrogen and oxygen atoms in total. The summed E-state index contributed by atoms with van der Waals surface area (Å²) < 4.78 is 5.63. The van der Waals surface area contributed by atoms with Crippen molar-refractivity contribution in [3.8, 4) is 5.75 Å². The van der Waals surface area contributed by atoms with Crippen molar-refractivity contribution in [3.05, 3.63) is 60.2 Å². The van der Waals surface area contributed by atoms with Gasteiger partial charge >= 0.3 is 0 Å². The molecule has 0 bridgehead atoms. The average molecular weight is 299 g/mol. The molecule has 3 heteroatoms. The second-order valence-electron chi connectivity index (χ2n) is 6.49. The van der Waals surface area contributed by atoms with Crippen molar-refractivity contribution in [1.29, 1.82) is 0 Å². The van der Waals surface area contributed by atoms with E-state index in [2.05, 4.69) is 38.2 Å². The molecule has 118 valence electrons. The summed E-state index contributed by atoms with van der Waals surface area (Å²) in [5.74, 6) is 0.784. The van der Waals surface area contributed by atoms with E-state index in [1.165, 1.54) is 5.56 Å². The third-order valence-corrected chi connectivity index (χ3v) is 3.48. The van der Waals surface area contributed by atoms with Crippen molar-refractivity contribution in [2.45, 2.75) is 32.3 Å². The number of rotatable bonds is 6. The van der Waals surface area contributed by atoms with Crippen LogP contribution in [0, 0.1) is 0 Å². The largest absolute Gasteiger partial charge is 0.491 e. The van der Waals surface area contributed by atoms with E-state index < -0.39 is 6.10 Å². The molecule has 2 aromatic carbocycles. The summed E-state index contributed by atoms with van der Waals surface area (Å²) in [5, 5.41) is 13.1. The zero-order valence-electron chi connectivity index (χ0n) is 13.5. The van der Waals surface area contributed by atoms with Gasteiger partial charge in [-0.2, -0.15) is 0 Å². The van der Waals surface area contributed by atoms with Crippen LogP contribution in [-0.2, 0) is 5.41 Å². The van der Waals surface area contributed by atoms with Gasteiger partial charge in [-0.3, -0.25) is 0 Å². The second kappa shape index (κ2) is 7.32. The maximum atomic E-state index is 9.97. The fraction of sp³-hybridized carbons (Fsp3) is 0.368. The lowest BCUT2D eigenvalue weighted by Crippen LogP contribution is -2.26. The fourth-order valence-electron chi connectivity index (χ4n) is 2.09. The Morgan fingerprint density at radius 1 is 1.00 bits per heavy atom. The summed E-state index contributed by atoms with van der Waals surface area (Å²) in [6.45, 7) is 7.28.